The molecule has 0 spiro atoms. The Balaban J connectivity index is 2.74. The quantitative estimate of drug-likeness (QED) is 0.741. The fourth-order valence-electron chi connectivity index (χ4n) is 3.00. The van der Waals surface area contributed by atoms with Crippen LogP contribution in [0.15, 0.2) is 0 Å². The molecule has 0 amide bonds. The Kier molecular flexibility index (Phi) is 4.22. The summed E-state index contributed by atoms with van der Waals surface area (Å²) >= 11 is 0. The summed E-state index contributed by atoms with van der Waals surface area (Å²) in [5.74, 6) is 0.898. The van der Waals surface area contributed by atoms with Gasteiger partial charge in [-0.1, -0.05) is 47.5 Å². The van der Waals surface area contributed by atoms with E-state index in [1.165, 1.54) is 38.6 Å². The lowest BCUT2D eigenvalue weighted by atomic mass is 9.67. The third-order valence-electron chi connectivity index (χ3n) is 4.47. The van der Waals surface area contributed by atoms with Crippen LogP contribution in [0, 0.1) is 11.3 Å². The van der Waals surface area contributed by atoms with Gasteiger partial charge in [0.05, 0.1) is 0 Å². The van der Waals surface area contributed by atoms with Crippen molar-refractivity contribution in [2.75, 3.05) is 6.54 Å². The van der Waals surface area contributed by atoms with E-state index >= 15 is 0 Å². The van der Waals surface area contributed by atoms with Crippen molar-refractivity contribution in [2.24, 2.45) is 11.3 Å². The molecule has 1 rings (SSSR count). The molecule has 1 saturated heterocycles. The van der Waals surface area contributed by atoms with Crippen molar-refractivity contribution in [1.29, 1.82) is 0 Å². The van der Waals surface area contributed by atoms with Crippen molar-refractivity contribution in [3.8, 4) is 0 Å². The Morgan fingerprint density at radius 3 is 2.13 bits per heavy atom. The molecular weight excluding hydrogens is 182 g/mol. The molecule has 1 fully saturated rings. The second-order valence-corrected chi connectivity index (χ2v) is 6.25. The van der Waals surface area contributed by atoms with Crippen LogP contribution in [0.25, 0.3) is 0 Å². The average Bonchev–Trinajstić information content (AvgIpc) is 2.62. The van der Waals surface area contributed by atoms with Crippen molar-refractivity contribution in [3.63, 3.8) is 0 Å². The van der Waals surface area contributed by atoms with Gasteiger partial charge in [-0.05, 0) is 37.1 Å². The van der Waals surface area contributed by atoms with Crippen LogP contribution in [0.3, 0.4) is 0 Å². The Morgan fingerprint density at radius 1 is 1.20 bits per heavy atom. The van der Waals surface area contributed by atoms with Gasteiger partial charge in [-0.25, -0.2) is 0 Å². The van der Waals surface area contributed by atoms with Crippen LogP contribution in [-0.2, 0) is 0 Å². The molecule has 0 aromatic carbocycles. The average molecular weight is 211 g/mol. The van der Waals surface area contributed by atoms with Gasteiger partial charge >= 0.3 is 0 Å². The Morgan fingerprint density at radius 2 is 1.80 bits per heavy atom. The maximum atomic E-state index is 3.81. The van der Waals surface area contributed by atoms with Crippen LogP contribution in [0.1, 0.15) is 66.7 Å². The van der Waals surface area contributed by atoms with Gasteiger partial charge in [0.15, 0.2) is 0 Å². The zero-order valence-electron chi connectivity index (χ0n) is 11.3. The molecule has 0 radical (unpaired) electrons. The van der Waals surface area contributed by atoms with Gasteiger partial charge in [0.2, 0.25) is 0 Å². The van der Waals surface area contributed by atoms with Crippen molar-refractivity contribution in [3.05, 3.63) is 0 Å². The fourth-order valence-corrected chi connectivity index (χ4v) is 3.00. The van der Waals surface area contributed by atoms with E-state index in [1.807, 2.05) is 0 Å². The van der Waals surface area contributed by atoms with Gasteiger partial charge in [0, 0.05) is 5.54 Å². The highest BCUT2D eigenvalue weighted by molar-refractivity contribution is 5.02. The van der Waals surface area contributed by atoms with E-state index in [2.05, 4.69) is 39.9 Å². The molecule has 0 bridgehead atoms. The standard InChI is InChI=1S/C14H29N/c1-6-12(7-2)11-14(13(3,4)5)9-8-10-15-14/h12,15H,6-11H2,1-5H3. The zero-order valence-corrected chi connectivity index (χ0v) is 11.3. The monoisotopic (exact) mass is 211 g/mol. The maximum absolute atomic E-state index is 3.81. The first-order valence-corrected chi connectivity index (χ1v) is 6.70. The summed E-state index contributed by atoms with van der Waals surface area (Å²) in [6, 6.07) is 0. The molecule has 1 unspecified atom stereocenters. The van der Waals surface area contributed by atoms with Gasteiger partial charge in [0.1, 0.15) is 0 Å². The summed E-state index contributed by atoms with van der Waals surface area (Å²) in [6.45, 7) is 13.1. The third kappa shape index (κ3) is 2.75. The molecular formula is C14H29N. The van der Waals surface area contributed by atoms with Crippen LogP contribution < -0.4 is 5.32 Å². The topological polar surface area (TPSA) is 12.0 Å². The second kappa shape index (κ2) is 4.86. The summed E-state index contributed by atoms with van der Waals surface area (Å²) in [6.07, 6.45) is 6.75. The van der Waals surface area contributed by atoms with Crippen LogP contribution in [-0.4, -0.2) is 12.1 Å². The Hall–Kier alpha value is -0.0400. The number of hydrogen-bond acceptors (Lipinski definition) is 1. The highest BCUT2D eigenvalue weighted by Gasteiger charge is 2.44. The Bertz CT molecular complexity index is 180. The van der Waals surface area contributed by atoms with E-state index in [0.717, 1.165) is 5.92 Å². The molecule has 1 aliphatic rings. The van der Waals surface area contributed by atoms with Crippen molar-refractivity contribution in [1.82, 2.24) is 5.32 Å². The molecule has 15 heavy (non-hydrogen) atoms. The lowest BCUT2D eigenvalue weighted by Gasteiger charge is -2.44. The predicted molar refractivity (Wildman–Crippen MR) is 68.1 cm³/mol. The molecule has 1 heteroatoms. The molecule has 90 valence electrons. The lowest BCUT2D eigenvalue weighted by molar-refractivity contribution is 0.121. The molecule has 1 heterocycles. The summed E-state index contributed by atoms with van der Waals surface area (Å²) in [5, 5.41) is 3.81. The largest absolute Gasteiger partial charge is 0.311 e. The molecule has 0 aromatic rings. The van der Waals surface area contributed by atoms with Crippen molar-refractivity contribution < 1.29 is 0 Å². The van der Waals surface area contributed by atoms with Gasteiger partial charge in [-0.2, -0.15) is 0 Å². The molecule has 1 aliphatic heterocycles. The van der Waals surface area contributed by atoms with Crippen LogP contribution in [0.5, 0.6) is 0 Å². The highest BCUT2D eigenvalue weighted by atomic mass is 15.0. The Labute approximate surface area is 96.0 Å². The fraction of sp³-hybridized carbons (Fsp3) is 1.00. The zero-order chi connectivity index (χ0) is 11.5. The van der Waals surface area contributed by atoms with E-state index in [9.17, 15) is 0 Å². The van der Waals surface area contributed by atoms with E-state index in [1.54, 1.807) is 0 Å². The first kappa shape index (κ1) is 13.0. The van der Waals surface area contributed by atoms with Gasteiger partial charge in [-0.3, -0.25) is 0 Å². The number of nitrogens with one attached hydrogen (secondary N) is 1. The first-order chi connectivity index (χ1) is 6.95. The normalized spacial score (nSPS) is 27.6. The number of rotatable bonds is 4. The molecule has 0 aliphatic carbocycles. The van der Waals surface area contributed by atoms with Crippen LogP contribution >= 0.6 is 0 Å². The summed E-state index contributed by atoms with van der Waals surface area (Å²) in [7, 11) is 0. The second-order valence-electron chi connectivity index (χ2n) is 6.25. The number of hydrogen-bond donors (Lipinski definition) is 1. The van der Waals surface area contributed by atoms with E-state index in [-0.39, 0.29) is 0 Å². The lowest BCUT2D eigenvalue weighted by Crippen LogP contribution is -2.52. The van der Waals surface area contributed by atoms with Gasteiger partial charge in [0.25, 0.3) is 0 Å². The van der Waals surface area contributed by atoms with Gasteiger partial charge < -0.3 is 5.32 Å². The minimum absolute atomic E-state index is 0.395. The summed E-state index contributed by atoms with van der Waals surface area (Å²) in [5.41, 5.74) is 0.801. The van der Waals surface area contributed by atoms with Crippen LogP contribution in [0.2, 0.25) is 0 Å². The molecule has 0 aromatic heterocycles. The minimum atomic E-state index is 0.395. The van der Waals surface area contributed by atoms with E-state index < -0.39 is 0 Å². The predicted octanol–water partition coefficient (Wildman–Crippen LogP) is 3.98. The first-order valence-electron chi connectivity index (χ1n) is 6.70. The molecule has 1 atom stereocenters. The van der Waals surface area contributed by atoms with E-state index in [0.29, 0.717) is 11.0 Å². The van der Waals surface area contributed by atoms with Crippen molar-refractivity contribution >= 4 is 0 Å². The molecule has 0 saturated carbocycles. The van der Waals surface area contributed by atoms with Crippen molar-refractivity contribution in [2.45, 2.75) is 72.3 Å². The molecule has 1 N–H and O–H groups in total. The summed E-state index contributed by atoms with van der Waals surface area (Å²) in [4.78, 5) is 0. The molecule has 1 nitrogen and oxygen atoms in total. The SMILES string of the molecule is CCC(CC)CC1(C(C)(C)C)CCCN1. The third-order valence-corrected chi connectivity index (χ3v) is 4.47. The highest BCUT2D eigenvalue weighted by Crippen LogP contribution is 2.42. The van der Waals surface area contributed by atoms with Crippen LogP contribution in [0.4, 0.5) is 0 Å². The smallest absolute Gasteiger partial charge is 0.0232 e. The van der Waals surface area contributed by atoms with E-state index in [4.69, 9.17) is 0 Å². The maximum Gasteiger partial charge on any atom is 0.0232 e. The van der Waals surface area contributed by atoms with Gasteiger partial charge in [-0.15, -0.1) is 0 Å². The minimum Gasteiger partial charge on any atom is -0.311 e. The summed E-state index contributed by atoms with van der Waals surface area (Å²) < 4.78 is 0.